The van der Waals surface area contributed by atoms with E-state index in [0.29, 0.717) is 35.3 Å². The molecule has 0 bridgehead atoms. The molecule has 0 amide bonds. The number of aryl methyl sites for hydroxylation is 1. The molecule has 0 radical (unpaired) electrons. The predicted molar refractivity (Wildman–Crippen MR) is 117 cm³/mol. The van der Waals surface area contributed by atoms with E-state index in [0.717, 1.165) is 22.9 Å². The second-order valence-corrected chi connectivity index (χ2v) is 7.34. The van der Waals surface area contributed by atoms with Gasteiger partial charge >= 0.3 is 5.97 Å². The normalized spacial score (nSPS) is 11.9. The number of benzene rings is 2. The summed E-state index contributed by atoms with van der Waals surface area (Å²) < 4.78 is 12.9. The molecule has 2 heterocycles. The lowest BCUT2D eigenvalue weighted by Gasteiger charge is -2.14. The van der Waals surface area contributed by atoms with Gasteiger partial charge < -0.3 is 14.4 Å². The van der Waals surface area contributed by atoms with Crippen molar-refractivity contribution in [2.45, 2.75) is 39.3 Å². The van der Waals surface area contributed by atoms with Gasteiger partial charge in [0.2, 0.25) is 11.5 Å². The van der Waals surface area contributed by atoms with E-state index >= 15 is 0 Å². The van der Waals surface area contributed by atoms with E-state index in [9.17, 15) is 4.79 Å². The monoisotopic (exact) mass is 431 g/mol. The zero-order valence-corrected chi connectivity index (χ0v) is 17.6. The lowest BCUT2D eigenvalue weighted by atomic mass is 10.1. The predicted octanol–water partition coefficient (Wildman–Crippen LogP) is 4.96. The topological polar surface area (TPSA) is 108 Å². The first-order chi connectivity index (χ1) is 15.5. The third-order valence-electron chi connectivity index (χ3n) is 5.09. The van der Waals surface area contributed by atoms with Gasteiger partial charge in [-0.3, -0.25) is 9.48 Å². The molecule has 1 atom stereocenters. The summed E-state index contributed by atoms with van der Waals surface area (Å²) in [4.78, 5) is 18.9. The summed E-state index contributed by atoms with van der Waals surface area (Å²) in [6.45, 7) is 11.7. The summed E-state index contributed by atoms with van der Waals surface area (Å²) in [7, 11) is 0. The quantitative estimate of drug-likeness (QED) is 0.393. The molecule has 4 aromatic rings. The van der Waals surface area contributed by atoms with Crippen molar-refractivity contribution >= 4 is 22.6 Å². The summed E-state index contributed by atoms with van der Waals surface area (Å²) >= 11 is 0. The molecule has 2 aromatic heterocycles. The molecule has 32 heavy (non-hydrogen) atoms. The van der Waals surface area contributed by atoms with Crippen molar-refractivity contribution in [1.29, 1.82) is 0 Å². The number of hydrogen-bond acceptors (Lipinski definition) is 6. The largest absolute Gasteiger partial charge is 0.502 e. The van der Waals surface area contributed by atoms with Crippen molar-refractivity contribution in [2.75, 3.05) is 0 Å². The molecule has 0 aliphatic rings. The van der Waals surface area contributed by atoms with Gasteiger partial charge in [-0.05, 0) is 49.7 Å². The lowest BCUT2D eigenvalue weighted by Crippen LogP contribution is -2.09. The molecule has 4 rings (SSSR count). The highest BCUT2D eigenvalue weighted by Crippen LogP contribution is 2.34. The van der Waals surface area contributed by atoms with Gasteiger partial charge in [0.05, 0.1) is 37.4 Å². The first-order valence-electron chi connectivity index (χ1n) is 10.2. The van der Waals surface area contributed by atoms with E-state index in [1.807, 2.05) is 32.0 Å². The highest BCUT2D eigenvalue weighted by atomic mass is 16.5. The fraction of sp³-hybridized carbons (Fsp3) is 0.261. The van der Waals surface area contributed by atoms with Gasteiger partial charge in [-0.25, -0.2) is 4.85 Å². The van der Waals surface area contributed by atoms with Gasteiger partial charge in [0, 0.05) is 16.5 Å². The van der Waals surface area contributed by atoms with Crippen molar-refractivity contribution in [1.82, 2.24) is 19.9 Å². The fourth-order valence-electron chi connectivity index (χ4n) is 3.20. The van der Waals surface area contributed by atoms with Crippen molar-refractivity contribution < 1.29 is 19.2 Å². The molecule has 0 saturated heterocycles. The van der Waals surface area contributed by atoms with Gasteiger partial charge in [0.15, 0.2) is 0 Å². The van der Waals surface area contributed by atoms with E-state index in [-0.39, 0.29) is 12.5 Å². The van der Waals surface area contributed by atoms with E-state index in [1.54, 1.807) is 29.1 Å². The van der Waals surface area contributed by atoms with Crippen LogP contribution in [0.1, 0.15) is 26.7 Å². The first kappa shape index (κ1) is 21.1. The molecule has 0 unspecified atom stereocenters. The minimum atomic E-state index is -0.870. The molecular weight excluding hydrogens is 410 g/mol. The van der Waals surface area contributed by atoms with Crippen LogP contribution in [0.15, 0.2) is 47.1 Å². The Balaban J connectivity index is 1.59. The summed E-state index contributed by atoms with van der Waals surface area (Å²) in [6.07, 6.45) is 2.54. The Morgan fingerprint density at radius 3 is 2.84 bits per heavy atom. The number of aliphatic carboxylic acids is 1. The third kappa shape index (κ3) is 4.30. The Hall–Kier alpha value is -4.19. The molecule has 1 N–H and O–H groups in total. The number of nitrogens with zero attached hydrogens (tertiary/aromatic N) is 5. The first-order valence-corrected chi connectivity index (χ1v) is 10.2. The molecule has 0 aliphatic heterocycles. The molecule has 162 valence electrons. The molecule has 0 aliphatic carbocycles. The van der Waals surface area contributed by atoms with E-state index in [2.05, 4.69) is 20.1 Å². The fourth-order valence-corrected chi connectivity index (χ4v) is 3.20. The second kappa shape index (κ2) is 8.89. The van der Waals surface area contributed by atoms with Crippen LogP contribution in [-0.4, -0.2) is 37.1 Å². The zero-order valence-electron chi connectivity index (χ0n) is 17.6. The van der Waals surface area contributed by atoms with Crippen molar-refractivity contribution in [3.05, 3.63) is 54.0 Å². The van der Waals surface area contributed by atoms with Gasteiger partial charge in [-0.15, -0.1) is 0 Å². The highest BCUT2D eigenvalue weighted by Gasteiger charge is 2.15. The maximum Gasteiger partial charge on any atom is 0.305 e. The minimum Gasteiger partial charge on any atom is -0.502 e. The maximum absolute atomic E-state index is 10.8. The number of rotatable bonds is 8. The lowest BCUT2D eigenvalue weighted by molar-refractivity contribution is -0.137. The van der Waals surface area contributed by atoms with Gasteiger partial charge in [-0.1, -0.05) is 12.1 Å². The molecule has 0 spiro atoms. The van der Waals surface area contributed by atoms with Crippen LogP contribution in [-0.2, 0) is 11.3 Å². The Bertz CT molecular complexity index is 1320. The Morgan fingerprint density at radius 1 is 1.28 bits per heavy atom. The number of aromatic nitrogens is 4. The summed E-state index contributed by atoms with van der Waals surface area (Å²) in [6, 6.07) is 10.8. The van der Waals surface area contributed by atoms with Crippen LogP contribution >= 0.6 is 0 Å². The Kier molecular flexibility index (Phi) is 5.85. The number of carboxylic acids is 1. The molecule has 0 saturated carbocycles. The molecule has 0 fully saturated rings. The zero-order chi connectivity index (χ0) is 22.7. The van der Waals surface area contributed by atoms with Gasteiger partial charge in [0.1, 0.15) is 5.75 Å². The van der Waals surface area contributed by atoms with Crippen molar-refractivity contribution in [3.63, 3.8) is 0 Å². The molecule has 9 nitrogen and oxygen atoms in total. The van der Waals surface area contributed by atoms with E-state index in [1.165, 1.54) is 0 Å². The van der Waals surface area contributed by atoms with Crippen LogP contribution < -0.4 is 4.74 Å². The van der Waals surface area contributed by atoms with Crippen LogP contribution in [0.3, 0.4) is 0 Å². The van der Waals surface area contributed by atoms with Crippen LogP contribution in [0, 0.1) is 6.57 Å². The van der Waals surface area contributed by atoms with E-state index < -0.39 is 5.97 Å². The summed E-state index contributed by atoms with van der Waals surface area (Å²) in [5.74, 6) is 0.371. The average molecular weight is 431 g/mol. The van der Waals surface area contributed by atoms with Crippen LogP contribution in [0.4, 0.5) is 5.69 Å². The number of fused-ring (bicyclic) bond motifs is 1. The number of ether oxygens (including phenoxy) is 1. The van der Waals surface area contributed by atoms with Crippen molar-refractivity contribution in [3.8, 4) is 28.6 Å². The molecule has 9 heteroatoms. The molecule has 2 aromatic carbocycles. The van der Waals surface area contributed by atoms with E-state index in [4.69, 9.17) is 20.9 Å². The van der Waals surface area contributed by atoms with Crippen LogP contribution in [0.2, 0.25) is 0 Å². The number of carbonyl (C=O) groups is 1. The second-order valence-electron chi connectivity index (χ2n) is 7.34. The van der Waals surface area contributed by atoms with Gasteiger partial charge in [0.25, 0.3) is 5.89 Å². The SMILES string of the molecule is [C-]#[N+]c1cc(-c2nc(-c3ccc4c(cnn4CCC(=O)O)c3)no2)ccc1O[C@H](C)CC. The highest BCUT2D eigenvalue weighted by molar-refractivity contribution is 5.83. The maximum atomic E-state index is 10.8. The average Bonchev–Trinajstić information content (AvgIpc) is 3.45. The number of carboxylic acid groups (broad SMARTS) is 1. The minimum absolute atomic E-state index is 0.000510. The van der Waals surface area contributed by atoms with Crippen LogP contribution in [0.25, 0.3) is 38.6 Å². The van der Waals surface area contributed by atoms with Gasteiger partial charge in [-0.2, -0.15) is 10.1 Å². The summed E-state index contributed by atoms with van der Waals surface area (Å²) in [5, 5.41) is 18.1. The Morgan fingerprint density at radius 2 is 2.09 bits per heavy atom. The smallest absolute Gasteiger partial charge is 0.305 e. The Labute approximate surface area is 184 Å². The van der Waals surface area contributed by atoms with Crippen LogP contribution in [0.5, 0.6) is 5.75 Å². The number of hydrogen-bond donors (Lipinski definition) is 1. The standard InChI is InChI=1S/C23H21N5O4/c1-4-14(2)31-20-8-6-16(12-18(20)24-3)23-26-22(27-32-23)15-5-7-19-17(11-15)13-25-28(19)10-9-21(29)30/h5-8,11-14H,4,9-10H2,1-2H3,(H,29,30)/t14-/m1/s1. The van der Waals surface area contributed by atoms with Crippen molar-refractivity contribution in [2.24, 2.45) is 0 Å². The molecular formula is C23H21N5O4. The summed E-state index contributed by atoms with van der Waals surface area (Å²) in [5.41, 5.74) is 2.59. The third-order valence-corrected chi connectivity index (χ3v) is 5.09.